The Labute approximate surface area is 175 Å². The van der Waals surface area contributed by atoms with Gasteiger partial charge in [-0.05, 0) is 12.1 Å². The molecule has 13 heteroatoms. The van der Waals surface area contributed by atoms with Gasteiger partial charge >= 0.3 is 0 Å². The summed E-state index contributed by atoms with van der Waals surface area (Å²) in [5, 5.41) is 3.88. The van der Waals surface area contributed by atoms with Crippen LogP contribution in [-0.2, 0) is 10.0 Å². The molecule has 0 saturated carbocycles. The number of hydrogen-bond donors (Lipinski definition) is 1. The molecule has 3 heterocycles. The molecule has 1 aliphatic heterocycles. The maximum Gasteiger partial charge on any atom is 0.282 e. The van der Waals surface area contributed by atoms with Crippen molar-refractivity contribution in [3.63, 3.8) is 0 Å². The molecule has 166 valence electrons. The van der Waals surface area contributed by atoms with Gasteiger partial charge in [-0.3, -0.25) is 4.72 Å². The number of fused-ring (bicyclic) bond motifs is 1. The molecule has 0 amide bonds. The molecule has 0 spiro atoms. The van der Waals surface area contributed by atoms with E-state index in [0.29, 0.717) is 0 Å². The minimum atomic E-state index is -4.24. The van der Waals surface area contributed by atoms with Gasteiger partial charge in [-0.25, -0.2) is 17.2 Å². The van der Waals surface area contributed by atoms with Crippen LogP contribution in [0.2, 0.25) is 0 Å². The Balaban J connectivity index is 1.75. The fourth-order valence-electron chi connectivity index (χ4n) is 3.23. The van der Waals surface area contributed by atoms with E-state index in [0.717, 1.165) is 0 Å². The van der Waals surface area contributed by atoms with Crippen molar-refractivity contribution in [2.75, 3.05) is 44.0 Å². The van der Waals surface area contributed by atoms with Crippen LogP contribution >= 0.6 is 0 Å². The Hall–Kier alpha value is -3.35. The van der Waals surface area contributed by atoms with Gasteiger partial charge in [0.1, 0.15) is 28.5 Å². The van der Waals surface area contributed by atoms with Crippen molar-refractivity contribution in [1.29, 1.82) is 0 Å². The lowest BCUT2D eigenvalue weighted by Crippen LogP contribution is -2.56. The number of methoxy groups -OCH3 is 3. The number of alkyl halides is 2. The van der Waals surface area contributed by atoms with Gasteiger partial charge in [0.05, 0.1) is 34.4 Å². The monoisotopic (exact) mass is 456 g/mol. The van der Waals surface area contributed by atoms with E-state index in [1.54, 1.807) is 6.07 Å². The molecule has 0 radical (unpaired) electrons. The highest BCUT2D eigenvalue weighted by molar-refractivity contribution is 7.93. The number of benzene rings is 1. The number of nitrogens with zero attached hydrogens (tertiary/aromatic N) is 3. The van der Waals surface area contributed by atoms with Gasteiger partial charge in [-0.1, -0.05) is 11.2 Å². The second-order valence-corrected chi connectivity index (χ2v) is 8.32. The van der Waals surface area contributed by atoms with E-state index in [4.69, 9.17) is 18.7 Å². The van der Waals surface area contributed by atoms with Crippen LogP contribution < -0.4 is 23.8 Å². The van der Waals surface area contributed by atoms with Crippen molar-refractivity contribution in [3.8, 4) is 17.2 Å². The summed E-state index contributed by atoms with van der Waals surface area (Å²) < 4.78 is 75.7. The lowest BCUT2D eigenvalue weighted by atomic mass is 10.1. The number of anilines is 2. The minimum absolute atomic E-state index is 0.0609. The second kappa shape index (κ2) is 7.41. The van der Waals surface area contributed by atoms with Gasteiger partial charge < -0.3 is 23.6 Å². The summed E-state index contributed by atoms with van der Waals surface area (Å²) in [6.07, 6.45) is 0. The van der Waals surface area contributed by atoms with Crippen molar-refractivity contribution in [2.24, 2.45) is 0 Å². The number of ether oxygens (including phenoxy) is 3. The Morgan fingerprint density at radius 2 is 1.71 bits per heavy atom. The van der Waals surface area contributed by atoms with Gasteiger partial charge in [-0.15, -0.1) is 0 Å². The third kappa shape index (κ3) is 3.65. The van der Waals surface area contributed by atoms with Crippen LogP contribution in [0.3, 0.4) is 0 Å². The number of aromatic nitrogens is 2. The Bertz CT molecular complexity index is 1220. The highest BCUT2D eigenvalue weighted by Crippen LogP contribution is 2.40. The molecule has 31 heavy (non-hydrogen) atoms. The summed E-state index contributed by atoms with van der Waals surface area (Å²) in [5.41, 5.74) is -0.0748. The lowest BCUT2D eigenvalue weighted by molar-refractivity contribution is -0.0267. The fraction of sp³-hybridized carbons (Fsp3) is 0.333. The molecule has 0 bridgehead atoms. The molecule has 3 aromatic rings. The SMILES string of the molecule is COc1cccc(OC)c1S(=O)(=O)Nc1noc2nc(N3CC(F)(F)C3)cc(OC)c12. The summed E-state index contributed by atoms with van der Waals surface area (Å²) >= 11 is 0. The maximum atomic E-state index is 13.2. The predicted octanol–water partition coefficient (Wildman–Crippen LogP) is 2.50. The molecule has 2 aromatic heterocycles. The number of rotatable bonds is 7. The summed E-state index contributed by atoms with van der Waals surface area (Å²) in [7, 11) is -0.238. The van der Waals surface area contributed by atoms with E-state index in [1.165, 1.54) is 44.4 Å². The van der Waals surface area contributed by atoms with Gasteiger partial charge in [-0.2, -0.15) is 4.98 Å². The van der Waals surface area contributed by atoms with Crippen molar-refractivity contribution in [1.82, 2.24) is 10.1 Å². The van der Waals surface area contributed by atoms with Crippen molar-refractivity contribution in [3.05, 3.63) is 24.3 Å². The fourth-order valence-corrected chi connectivity index (χ4v) is 4.56. The first-order valence-electron chi connectivity index (χ1n) is 8.90. The van der Waals surface area contributed by atoms with E-state index < -0.39 is 29.0 Å². The van der Waals surface area contributed by atoms with E-state index in [9.17, 15) is 17.2 Å². The standard InChI is InChI=1S/C18H18F2N4O6S/c1-27-10-5-4-6-11(28-2)15(10)31(25,26)23-16-14-12(29-3)7-13(21-17(14)30-22-16)24-8-18(19,20)9-24/h4-7H,8-9H2,1-3H3,(H,22,23). The van der Waals surface area contributed by atoms with Gasteiger partial charge in [0.2, 0.25) is 0 Å². The lowest BCUT2D eigenvalue weighted by Gasteiger charge is -2.39. The largest absolute Gasteiger partial charge is 0.496 e. The van der Waals surface area contributed by atoms with Crippen molar-refractivity contribution in [2.45, 2.75) is 10.8 Å². The van der Waals surface area contributed by atoms with Crippen molar-refractivity contribution < 1.29 is 35.9 Å². The number of sulfonamides is 1. The van der Waals surface area contributed by atoms with E-state index in [2.05, 4.69) is 14.9 Å². The minimum Gasteiger partial charge on any atom is -0.496 e. The van der Waals surface area contributed by atoms with Crippen LogP contribution in [0.1, 0.15) is 0 Å². The van der Waals surface area contributed by atoms with Crippen molar-refractivity contribution >= 4 is 32.8 Å². The quantitative estimate of drug-likeness (QED) is 0.572. The van der Waals surface area contributed by atoms with Gasteiger partial charge in [0.25, 0.3) is 21.7 Å². The molecule has 1 aliphatic rings. The zero-order chi connectivity index (χ0) is 22.4. The first kappa shape index (κ1) is 20.9. The zero-order valence-electron chi connectivity index (χ0n) is 16.7. The second-order valence-electron chi connectivity index (χ2n) is 6.70. The Morgan fingerprint density at radius 3 is 2.26 bits per heavy atom. The molecular formula is C18H18F2N4O6S. The molecule has 1 aromatic carbocycles. The van der Waals surface area contributed by atoms with Crippen LogP contribution in [0.25, 0.3) is 11.1 Å². The predicted molar refractivity (Wildman–Crippen MR) is 106 cm³/mol. The number of nitrogens with one attached hydrogen (secondary N) is 1. The summed E-state index contributed by atoms with van der Waals surface area (Å²) in [6, 6.07) is 5.93. The third-order valence-corrected chi connectivity index (χ3v) is 6.07. The van der Waals surface area contributed by atoms with Crippen LogP contribution in [0.15, 0.2) is 33.7 Å². The summed E-state index contributed by atoms with van der Waals surface area (Å²) in [6.45, 7) is -0.980. The van der Waals surface area contributed by atoms with Crippen LogP contribution in [0.4, 0.5) is 20.4 Å². The van der Waals surface area contributed by atoms with E-state index in [1.807, 2.05) is 0 Å². The Morgan fingerprint density at radius 1 is 1.10 bits per heavy atom. The number of halogens is 2. The van der Waals surface area contributed by atoms with E-state index >= 15 is 0 Å². The first-order valence-corrected chi connectivity index (χ1v) is 10.4. The smallest absolute Gasteiger partial charge is 0.282 e. The number of hydrogen-bond acceptors (Lipinski definition) is 9. The molecule has 1 N–H and O–H groups in total. The van der Waals surface area contributed by atoms with Gasteiger partial charge in [0, 0.05) is 6.07 Å². The Kier molecular flexibility index (Phi) is 5.00. The molecule has 1 fully saturated rings. The summed E-state index contributed by atoms with van der Waals surface area (Å²) in [4.78, 5) is 5.27. The summed E-state index contributed by atoms with van der Waals surface area (Å²) in [5.74, 6) is -2.50. The normalized spacial score (nSPS) is 15.5. The van der Waals surface area contributed by atoms with E-state index in [-0.39, 0.29) is 44.9 Å². The third-order valence-electron chi connectivity index (χ3n) is 4.67. The topological polar surface area (TPSA) is 116 Å². The van der Waals surface area contributed by atoms with Crippen LogP contribution in [0, 0.1) is 0 Å². The van der Waals surface area contributed by atoms with Crippen LogP contribution in [0.5, 0.6) is 17.2 Å². The zero-order valence-corrected chi connectivity index (χ0v) is 17.5. The van der Waals surface area contributed by atoms with Crippen LogP contribution in [-0.4, -0.2) is 58.9 Å². The van der Waals surface area contributed by atoms with Gasteiger partial charge in [0.15, 0.2) is 10.7 Å². The molecule has 0 atom stereocenters. The number of pyridine rings is 1. The molecule has 4 rings (SSSR count). The average Bonchev–Trinajstić information content (AvgIpc) is 3.12. The molecule has 1 saturated heterocycles. The molecular weight excluding hydrogens is 438 g/mol. The highest BCUT2D eigenvalue weighted by Gasteiger charge is 2.45. The maximum absolute atomic E-state index is 13.2. The molecule has 0 unspecified atom stereocenters. The first-order chi connectivity index (χ1) is 14.7. The average molecular weight is 456 g/mol. The molecule has 10 nitrogen and oxygen atoms in total. The highest BCUT2D eigenvalue weighted by atomic mass is 32.2. The molecule has 0 aliphatic carbocycles.